The lowest BCUT2D eigenvalue weighted by molar-refractivity contribution is 0.238. The summed E-state index contributed by atoms with van der Waals surface area (Å²) in [6.45, 7) is 10.3. The van der Waals surface area contributed by atoms with E-state index in [1.807, 2.05) is 20.2 Å². The van der Waals surface area contributed by atoms with E-state index >= 15 is 0 Å². The molecule has 4 heteroatoms. The van der Waals surface area contributed by atoms with E-state index in [0.29, 0.717) is 6.17 Å². The molecule has 0 aromatic heterocycles. The van der Waals surface area contributed by atoms with Gasteiger partial charge in [0.25, 0.3) is 0 Å². The fourth-order valence-electron chi connectivity index (χ4n) is 3.89. The lowest BCUT2D eigenvalue weighted by atomic mass is 10.0. The average Bonchev–Trinajstić information content (AvgIpc) is 2.73. The molecular formula is C28H62ClN3. The maximum Gasteiger partial charge on any atom is 0.0589 e. The minimum atomic E-state index is 0. The molecule has 0 saturated heterocycles. The van der Waals surface area contributed by atoms with Crippen molar-refractivity contribution in [3.63, 3.8) is 0 Å². The smallest absolute Gasteiger partial charge is 0.0589 e. The number of hydrogen-bond donors (Lipinski definition) is 1. The predicted molar refractivity (Wildman–Crippen MR) is 151 cm³/mol. The molecule has 3 nitrogen and oxygen atoms in total. The summed E-state index contributed by atoms with van der Waals surface area (Å²) in [6, 6.07) is 0. The standard InChI is InChI=1S/C23H50N2.C5H11N.ClH/c1-5-7-8-9-10-11-12-13-14-15-16-17-18-19-20-21-22-24-23(6-2)25(3)4;1-4-5-6(2)3;/h23-24H,5-22H2,1-4H3;4H,1,5H2,2-3H3;1H. The van der Waals surface area contributed by atoms with Gasteiger partial charge in [-0.15, -0.1) is 19.0 Å². The van der Waals surface area contributed by atoms with Crippen LogP contribution in [0.4, 0.5) is 0 Å². The molecule has 0 bridgehead atoms. The first-order chi connectivity index (χ1) is 15.0. The van der Waals surface area contributed by atoms with E-state index < -0.39 is 0 Å². The summed E-state index contributed by atoms with van der Waals surface area (Å²) in [5, 5.41) is 3.64. The Bertz CT molecular complexity index is 335. The van der Waals surface area contributed by atoms with Gasteiger partial charge in [-0.1, -0.05) is 116 Å². The number of rotatable bonds is 22. The van der Waals surface area contributed by atoms with Crippen molar-refractivity contribution in [3.05, 3.63) is 12.7 Å². The highest BCUT2D eigenvalue weighted by molar-refractivity contribution is 5.85. The zero-order valence-corrected chi connectivity index (χ0v) is 23.9. The van der Waals surface area contributed by atoms with Crippen LogP contribution >= 0.6 is 12.4 Å². The first-order valence-corrected chi connectivity index (χ1v) is 13.6. The highest BCUT2D eigenvalue weighted by Gasteiger charge is 2.05. The molecule has 0 heterocycles. The summed E-state index contributed by atoms with van der Waals surface area (Å²) < 4.78 is 0. The van der Waals surface area contributed by atoms with Crippen LogP contribution in [0.15, 0.2) is 12.7 Å². The molecule has 1 unspecified atom stereocenters. The average molecular weight is 476 g/mol. The second-order valence-electron chi connectivity index (χ2n) is 9.70. The van der Waals surface area contributed by atoms with Crippen molar-refractivity contribution in [1.82, 2.24) is 15.1 Å². The lowest BCUT2D eigenvalue weighted by Crippen LogP contribution is -2.41. The summed E-state index contributed by atoms with van der Waals surface area (Å²) in [4.78, 5) is 4.35. The fourth-order valence-corrected chi connectivity index (χ4v) is 3.89. The zero-order valence-electron chi connectivity index (χ0n) is 23.1. The molecular weight excluding hydrogens is 414 g/mol. The molecule has 0 aliphatic rings. The molecule has 0 aromatic rings. The Morgan fingerprint density at radius 1 is 0.656 bits per heavy atom. The minimum absolute atomic E-state index is 0. The van der Waals surface area contributed by atoms with Gasteiger partial charge in [0, 0.05) is 6.54 Å². The zero-order chi connectivity index (χ0) is 23.6. The first-order valence-electron chi connectivity index (χ1n) is 13.6. The number of likely N-dealkylation sites (N-methyl/N-ethyl adjacent to an activating group) is 1. The molecule has 32 heavy (non-hydrogen) atoms. The molecule has 1 atom stereocenters. The third kappa shape index (κ3) is 32.1. The quantitative estimate of drug-likeness (QED) is 0.0964. The SMILES string of the molecule is C=CCN(C)C.CCCCCCCCCCCCCCCCCCNC(CC)N(C)C.Cl. The van der Waals surface area contributed by atoms with Gasteiger partial charge in [0.1, 0.15) is 0 Å². The van der Waals surface area contributed by atoms with Gasteiger partial charge in [-0.3, -0.25) is 4.90 Å². The lowest BCUT2D eigenvalue weighted by Gasteiger charge is -2.24. The van der Waals surface area contributed by atoms with Gasteiger partial charge in [0.15, 0.2) is 0 Å². The Morgan fingerprint density at radius 3 is 1.28 bits per heavy atom. The molecule has 0 fully saturated rings. The van der Waals surface area contributed by atoms with E-state index in [4.69, 9.17) is 0 Å². The van der Waals surface area contributed by atoms with Gasteiger partial charge in [-0.25, -0.2) is 0 Å². The molecule has 0 aliphatic heterocycles. The maximum absolute atomic E-state index is 3.64. The molecule has 196 valence electrons. The van der Waals surface area contributed by atoms with Crippen molar-refractivity contribution in [3.8, 4) is 0 Å². The summed E-state index contributed by atoms with van der Waals surface area (Å²) in [5.74, 6) is 0. The fraction of sp³-hybridized carbons (Fsp3) is 0.929. The summed E-state index contributed by atoms with van der Waals surface area (Å²) >= 11 is 0. The molecule has 0 saturated carbocycles. The Labute approximate surface area is 210 Å². The normalized spacial score (nSPS) is 11.8. The van der Waals surface area contributed by atoms with E-state index in [1.165, 1.54) is 116 Å². The number of nitrogens with one attached hydrogen (secondary N) is 1. The van der Waals surface area contributed by atoms with Gasteiger partial charge >= 0.3 is 0 Å². The maximum atomic E-state index is 3.64. The Kier molecular flexibility index (Phi) is 35.2. The number of hydrogen-bond acceptors (Lipinski definition) is 3. The van der Waals surface area contributed by atoms with Crippen molar-refractivity contribution in [2.45, 2.75) is 129 Å². The summed E-state index contributed by atoms with van der Waals surface area (Å²) in [5.41, 5.74) is 0. The van der Waals surface area contributed by atoms with Crippen molar-refractivity contribution in [2.24, 2.45) is 0 Å². The van der Waals surface area contributed by atoms with Crippen molar-refractivity contribution in [2.75, 3.05) is 41.3 Å². The van der Waals surface area contributed by atoms with Crippen molar-refractivity contribution < 1.29 is 0 Å². The molecule has 0 aliphatic carbocycles. The van der Waals surface area contributed by atoms with Crippen LogP contribution in [-0.2, 0) is 0 Å². The van der Waals surface area contributed by atoms with E-state index in [0.717, 1.165) is 6.54 Å². The van der Waals surface area contributed by atoms with Gasteiger partial charge in [0.2, 0.25) is 0 Å². The van der Waals surface area contributed by atoms with E-state index in [2.05, 4.69) is 49.6 Å². The predicted octanol–water partition coefficient (Wildman–Crippen LogP) is 8.29. The Hall–Kier alpha value is -0.0900. The van der Waals surface area contributed by atoms with Gasteiger partial charge < -0.3 is 10.2 Å². The number of halogens is 1. The number of unbranched alkanes of at least 4 members (excludes halogenated alkanes) is 15. The van der Waals surface area contributed by atoms with Crippen molar-refractivity contribution >= 4 is 12.4 Å². The Morgan fingerprint density at radius 2 is 1.03 bits per heavy atom. The van der Waals surface area contributed by atoms with E-state index in [1.54, 1.807) is 0 Å². The molecule has 0 spiro atoms. The molecule has 0 amide bonds. The van der Waals surface area contributed by atoms with Crippen LogP contribution in [0.5, 0.6) is 0 Å². The van der Waals surface area contributed by atoms with Crippen LogP contribution < -0.4 is 5.32 Å². The van der Waals surface area contributed by atoms with Crippen LogP contribution in [0.1, 0.15) is 123 Å². The largest absolute Gasteiger partial charge is 0.306 e. The molecule has 1 N–H and O–H groups in total. The van der Waals surface area contributed by atoms with Gasteiger partial charge in [-0.2, -0.15) is 0 Å². The van der Waals surface area contributed by atoms with Crippen LogP contribution in [0.2, 0.25) is 0 Å². The topological polar surface area (TPSA) is 18.5 Å². The van der Waals surface area contributed by atoms with Crippen LogP contribution in [-0.4, -0.2) is 57.2 Å². The summed E-state index contributed by atoms with van der Waals surface area (Å²) in [7, 11) is 8.35. The first kappa shape index (κ1) is 36.5. The number of nitrogens with zero attached hydrogens (tertiary/aromatic N) is 2. The molecule has 0 aromatic carbocycles. The second-order valence-corrected chi connectivity index (χ2v) is 9.70. The third-order valence-corrected chi connectivity index (χ3v) is 5.91. The molecule has 0 radical (unpaired) electrons. The molecule has 0 rings (SSSR count). The highest BCUT2D eigenvalue weighted by atomic mass is 35.5. The van der Waals surface area contributed by atoms with Crippen LogP contribution in [0.25, 0.3) is 0 Å². The Balaban J connectivity index is -0.00000105. The van der Waals surface area contributed by atoms with Crippen LogP contribution in [0.3, 0.4) is 0 Å². The second kappa shape index (κ2) is 30.9. The van der Waals surface area contributed by atoms with Crippen molar-refractivity contribution in [1.29, 1.82) is 0 Å². The van der Waals surface area contributed by atoms with E-state index in [-0.39, 0.29) is 12.4 Å². The summed E-state index contributed by atoms with van der Waals surface area (Å²) in [6.07, 6.45) is 26.7. The van der Waals surface area contributed by atoms with Gasteiger partial charge in [0.05, 0.1) is 6.17 Å². The van der Waals surface area contributed by atoms with E-state index in [9.17, 15) is 0 Å². The highest BCUT2D eigenvalue weighted by Crippen LogP contribution is 2.13. The van der Waals surface area contributed by atoms with Gasteiger partial charge in [-0.05, 0) is 47.6 Å². The monoisotopic (exact) mass is 475 g/mol. The minimum Gasteiger partial charge on any atom is -0.306 e. The third-order valence-electron chi connectivity index (χ3n) is 5.91. The van der Waals surface area contributed by atoms with Crippen LogP contribution in [0, 0.1) is 0 Å².